The summed E-state index contributed by atoms with van der Waals surface area (Å²) in [4.78, 5) is 0. The molecule has 1 aromatic rings. The fourth-order valence-corrected chi connectivity index (χ4v) is 0.996. The first-order valence-electron chi connectivity index (χ1n) is 3.82. The molecular formula is C7H12FN3O. The maximum absolute atomic E-state index is 13.1. The molecule has 0 atom stereocenters. The standard InChI is InChI=1S/C7H12FN3O/c1-2-5-6(8)7(9)11(10-5)3-4-12/h12H,2-4,9H2,1H3. The number of hydrogen-bond donors (Lipinski definition) is 2. The van der Waals surface area contributed by atoms with E-state index in [9.17, 15) is 4.39 Å². The molecule has 0 spiro atoms. The second-order valence-corrected chi connectivity index (χ2v) is 2.45. The summed E-state index contributed by atoms with van der Waals surface area (Å²) in [5.41, 5.74) is 5.73. The van der Waals surface area contributed by atoms with E-state index in [-0.39, 0.29) is 19.0 Å². The number of nitrogens with two attached hydrogens (primary N) is 1. The van der Waals surface area contributed by atoms with E-state index in [1.54, 1.807) is 6.92 Å². The third kappa shape index (κ3) is 1.40. The summed E-state index contributed by atoms with van der Waals surface area (Å²) < 4.78 is 14.3. The Bertz CT molecular complexity index is 272. The van der Waals surface area contributed by atoms with Gasteiger partial charge in [0.25, 0.3) is 0 Å². The van der Waals surface area contributed by atoms with Crippen molar-refractivity contribution in [1.82, 2.24) is 9.78 Å². The monoisotopic (exact) mass is 173 g/mol. The normalized spacial score (nSPS) is 10.6. The van der Waals surface area contributed by atoms with Crippen LogP contribution in [-0.4, -0.2) is 21.5 Å². The zero-order valence-corrected chi connectivity index (χ0v) is 6.92. The SMILES string of the molecule is CCc1nn(CCO)c(N)c1F. The summed E-state index contributed by atoms with van der Waals surface area (Å²) in [6.07, 6.45) is 0.508. The van der Waals surface area contributed by atoms with Gasteiger partial charge in [-0.05, 0) is 6.42 Å². The number of aryl methyl sites for hydroxylation is 1. The first kappa shape index (κ1) is 8.99. The minimum absolute atomic E-state index is 0.000833. The van der Waals surface area contributed by atoms with Crippen LogP contribution >= 0.6 is 0 Å². The van der Waals surface area contributed by atoms with E-state index in [1.807, 2.05) is 0 Å². The van der Waals surface area contributed by atoms with E-state index >= 15 is 0 Å². The molecule has 12 heavy (non-hydrogen) atoms. The molecule has 1 aromatic heterocycles. The van der Waals surface area contributed by atoms with Gasteiger partial charge in [0.05, 0.1) is 13.2 Å². The minimum atomic E-state index is -0.467. The van der Waals surface area contributed by atoms with Gasteiger partial charge in [0.2, 0.25) is 0 Å². The van der Waals surface area contributed by atoms with Crippen LogP contribution < -0.4 is 5.73 Å². The average Bonchev–Trinajstić information content (AvgIpc) is 2.33. The molecule has 0 aliphatic rings. The van der Waals surface area contributed by atoms with Crippen LogP contribution in [-0.2, 0) is 13.0 Å². The number of aliphatic hydroxyl groups excluding tert-OH is 1. The number of nitrogens with zero attached hydrogens (tertiary/aromatic N) is 2. The molecule has 0 amide bonds. The van der Waals surface area contributed by atoms with Gasteiger partial charge in [-0.1, -0.05) is 6.92 Å². The van der Waals surface area contributed by atoms with E-state index in [2.05, 4.69) is 5.10 Å². The topological polar surface area (TPSA) is 64.1 Å². The van der Waals surface area contributed by atoms with E-state index < -0.39 is 5.82 Å². The highest BCUT2D eigenvalue weighted by Gasteiger charge is 2.12. The third-order valence-corrected chi connectivity index (χ3v) is 1.64. The molecule has 0 radical (unpaired) electrons. The number of halogens is 1. The van der Waals surface area contributed by atoms with Crippen molar-refractivity contribution in [1.29, 1.82) is 0 Å². The van der Waals surface area contributed by atoms with Gasteiger partial charge in [0.15, 0.2) is 11.6 Å². The Morgan fingerprint density at radius 2 is 2.33 bits per heavy atom. The fraction of sp³-hybridized carbons (Fsp3) is 0.571. The number of anilines is 1. The zero-order valence-electron chi connectivity index (χ0n) is 6.92. The van der Waals surface area contributed by atoms with E-state index in [0.717, 1.165) is 0 Å². The number of aliphatic hydroxyl groups is 1. The van der Waals surface area contributed by atoms with Crippen LogP contribution in [0.15, 0.2) is 0 Å². The zero-order chi connectivity index (χ0) is 9.14. The van der Waals surface area contributed by atoms with Gasteiger partial charge in [-0.3, -0.25) is 0 Å². The second-order valence-electron chi connectivity index (χ2n) is 2.45. The van der Waals surface area contributed by atoms with Crippen LogP contribution in [0.5, 0.6) is 0 Å². The van der Waals surface area contributed by atoms with E-state index in [0.29, 0.717) is 12.1 Å². The predicted molar refractivity (Wildman–Crippen MR) is 43.1 cm³/mol. The highest BCUT2D eigenvalue weighted by atomic mass is 19.1. The maximum atomic E-state index is 13.1. The quantitative estimate of drug-likeness (QED) is 0.684. The molecule has 1 rings (SSSR count). The molecule has 0 saturated carbocycles. The summed E-state index contributed by atoms with van der Waals surface area (Å²) in [6.45, 7) is 1.95. The molecule has 0 saturated heterocycles. The fourth-order valence-electron chi connectivity index (χ4n) is 0.996. The van der Waals surface area contributed by atoms with Crippen molar-refractivity contribution in [3.63, 3.8) is 0 Å². The molecule has 68 valence electrons. The Hall–Kier alpha value is -1.10. The van der Waals surface area contributed by atoms with E-state index in [1.165, 1.54) is 4.68 Å². The summed E-state index contributed by atoms with van der Waals surface area (Å²) in [7, 11) is 0. The largest absolute Gasteiger partial charge is 0.394 e. The molecule has 3 N–H and O–H groups in total. The molecule has 0 aliphatic carbocycles. The minimum Gasteiger partial charge on any atom is -0.394 e. The predicted octanol–water partition coefficient (Wildman–Crippen LogP) is 0.159. The van der Waals surface area contributed by atoms with Crippen molar-refractivity contribution < 1.29 is 9.50 Å². The van der Waals surface area contributed by atoms with Crippen molar-refractivity contribution in [2.24, 2.45) is 0 Å². The Labute approximate surface area is 69.8 Å². The Balaban J connectivity index is 2.98. The summed E-state index contributed by atoms with van der Waals surface area (Å²) in [6, 6.07) is 0. The van der Waals surface area contributed by atoms with E-state index in [4.69, 9.17) is 10.8 Å². The van der Waals surface area contributed by atoms with Crippen LogP contribution in [0.4, 0.5) is 10.2 Å². The van der Waals surface area contributed by atoms with Crippen LogP contribution in [0.1, 0.15) is 12.6 Å². The van der Waals surface area contributed by atoms with Gasteiger partial charge in [-0.2, -0.15) is 5.10 Å². The molecule has 0 aromatic carbocycles. The second kappa shape index (κ2) is 3.53. The molecule has 0 fully saturated rings. The van der Waals surface area contributed by atoms with Crippen molar-refractivity contribution in [2.75, 3.05) is 12.3 Å². The average molecular weight is 173 g/mol. The molecule has 0 aliphatic heterocycles. The number of aromatic nitrogens is 2. The lowest BCUT2D eigenvalue weighted by Crippen LogP contribution is -2.07. The number of rotatable bonds is 3. The van der Waals surface area contributed by atoms with Gasteiger partial charge in [-0.25, -0.2) is 9.07 Å². The Morgan fingerprint density at radius 1 is 1.67 bits per heavy atom. The molecule has 4 nitrogen and oxygen atoms in total. The lowest BCUT2D eigenvalue weighted by Gasteiger charge is -1.98. The highest BCUT2D eigenvalue weighted by molar-refractivity contribution is 5.33. The maximum Gasteiger partial charge on any atom is 0.188 e. The first-order valence-corrected chi connectivity index (χ1v) is 3.82. The van der Waals surface area contributed by atoms with Gasteiger partial charge in [0.1, 0.15) is 5.69 Å². The molecule has 1 heterocycles. The van der Waals surface area contributed by atoms with Crippen molar-refractivity contribution >= 4 is 5.82 Å². The smallest absolute Gasteiger partial charge is 0.188 e. The Kier molecular flexibility index (Phi) is 2.65. The number of hydrogen-bond acceptors (Lipinski definition) is 3. The van der Waals surface area contributed by atoms with Crippen LogP contribution in [0.25, 0.3) is 0 Å². The van der Waals surface area contributed by atoms with Gasteiger partial charge in [0, 0.05) is 0 Å². The summed E-state index contributed by atoms with van der Waals surface area (Å²) in [5, 5.41) is 12.5. The lowest BCUT2D eigenvalue weighted by atomic mass is 10.3. The van der Waals surface area contributed by atoms with Gasteiger partial charge < -0.3 is 10.8 Å². The third-order valence-electron chi connectivity index (χ3n) is 1.64. The summed E-state index contributed by atoms with van der Waals surface area (Å²) >= 11 is 0. The molecule has 5 heteroatoms. The number of nitrogen functional groups attached to an aromatic ring is 1. The van der Waals surface area contributed by atoms with Crippen molar-refractivity contribution in [3.8, 4) is 0 Å². The van der Waals surface area contributed by atoms with Crippen LogP contribution in [0.3, 0.4) is 0 Å². The van der Waals surface area contributed by atoms with Crippen molar-refractivity contribution in [3.05, 3.63) is 11.5 Å². The first-order chi connectivity index (χ1) is 5.70. The van der Waals surface area contributed by atoms with Gasteiger partial charge >= 0.3 is 0 Å². The highest BCUT2D eigenvalue weighted by Crippen LogP contribution is 2.14. The molecule has 0 bridgehead atoms. The van der Waals surface area contributed by atoms with Crippen LogP contribution in [0, 0.1) is 5.82 Å². The van der Waals surface area contributed by atoms with Crippen LogP contribution in [0.2, 0.25) is 0 Å². The van der Waals surface area contributed by atoms with Crippen molar-refractivity contribution in [2.45, 2.75) is 19.9 Å². The molecular weight excluding hydrogens is 161 g/mol. The summed E-state index contributed by atoms with van der Waals surface area (Å²) in [5.74, 6) is -0.466. The lowest BCUT2D eigenvalue weighted by molar-refractivity contribution is 0.270. The Morgan fingerprint density at radius 3 is 2.75 bits per heavy atom. The van der Waals surface area contributed by atoms with Gasteiger partial charge in [-0.15, -0.1) is 0 Å². The molecule has 0 unspecified atom stereocenters.